The largest absolute Gasteiger partial charge is 0.394 e. The minimum absolute atomic E-state index is 0.337. The predicted molar refractivity (Wildman–Crippen MR) is 70.8 cm³/mol. The topological polar surface area (TPSA) is 69.6 Å². The molecule has 1 aromatic carbocycles. The molecule has 0 aliphatic rings. The van der Waals surface area contributed by atoms with E-state index in [1.165, 1.54) is 24.3 Å². The molecule has 0 bridgehead atoms. The molecule has 3 N–H and O–H groups in total. The van der Waals surface area contributed by atoms with Crippen molar-refractivity contribution in [3.05, 3.63) is 41.7 Å². The van der Waals surface area contributed by atoms with Crippen molar-refractivity contribution in [1.82, 2.24) is 5.32 Å². The SMILES string of the molecule is CCC(CO)(CO)NC(=O)/C=C/c1ccc(F)cc1. The molecule has 0 atom stereocenters. The zero-order valence-corrected chi connectivity index (χ0v) is 10.8. The highest BCUT2D eigenvalue weighted by Crippen LogP contribution is 2.09. The molecule has 0 saturated carbocycles. The Balaban J connectivity index is 2.66. The van der Waals surface area contributed by atoms with Crippen LogP contribution < -0.4 is 5.32 Å². The summed E-state index contributed by atoms with van der Waals surface area (Å²) in [5, 5.41) is 21.0. The van der Waals surface area contributed by atoms with Gasteiger partial charge in [-0.05, 0) is 30.2 Å². The molecule has 0 fully saturated rings. The van der Waals surface area contributed by atoms with Crippen LogP contribution in [0.5, 0.6) is 0 Å². The molecule has 1 rings (SSSR count). The number of rotatable bonds is 6. The van der Waals surface area contributed by atoms with Crippen LogP contribution in [0.25, 0.3) is 6.08 Å². The normalized spacial score (nSPS) is 11.8. The number of hydrogen-bond acceptors (Lipinski definition) is 3. The molecular formula is C14H18FNO3. The molecule has 104 valence electrons. The Morgan fingerprint density at radius 2 is 1.89 bits per heavy atom. The van der Waals surface area contributed by atoms with Crippen LogP contribution in [0.15, 0.2) is 30.3 Å². The van der Waals surface area contributed by atoms with E-state index in [2.05, 4.69) is 5.32 Å². The van der Waals surface area contributed by atoms with Gasteiger partial charge in [0.2, 0.25) is 5.91 Å². The van der Waals surface area contributed by atoms with Crippen LogP contribution in [0.3, 0.4) is 0 Å². The van der Waals surface area contributed by atoms with E-state index in [-0.39, 0.29) is 19.0 Å². The number of aliphatic hydroxyl groups is 2. The van der Waals surface area contributed by atoms with Gasteiger partial charge >= 0.3 is 0 Å². The highest BCUT2D eigenvalue weighted by Gasteiger charge is 2.27. The number of aliphatic hydroxyl groups excluding tert-OH is 2. The quantitative estimate of drug-likeness (QED) is 0.676. The molecule has 0 aromatic heterocycles. The van der Waals surface area contributed by atoms with Gasteiger partial charge in [-0.15, -0.1) is 0 Å². The van der Waals surface area contributed by atoms with Crippen LogP contribution >= 0.6 is 0 Å². The van der Waals surface area contributed by atoms with Gasteiger partial charge in [-0.3, -0.25) is 4.79 Å². The number of amides is 1. The third-order valence-corrected chi connectivity index (χ3v) is 2.97. The van der Waals surface area contributed by atoms with Gasteiger partial charge in [0.25, 0.3) is 0 Å². The number of carbonyl (C=O) groups excluding carboxylic acids is 1. The number of nitrogens with one attached hydrogen (secondary N) is 1. The monoisotopic (exact) mass is 267 g/mol. The van der Waals surface area contributed by atoms with Gasteiger partial charge in [0, 0.05) is 6.08 Å². The summed E-state index contributed by atoms with van der Waals surface area (Å²) in [6, 6.07) is 5.69. The van der Waals surface area contributed by atoms with Crippen molar-refractivity contribution < 1.29 is 19.4 Å². The summed E-state index contributed by atoms with van der Waals surface area (Å²) >= 11 is 0. The van der Waals surface area contributed by atoms with Gasteiger partial charge < -0.3 is 15.5 Å². The van der Waals surface area contributed by atoms with Crippen LogP contribution in [0, 0.1) is 5.82 Å². The van der Waals surface area contributed by atoms with Crippen molar-refractivity contribution in [3.63, 3.8) is 0 Å². The fourth-order valence-electron chi connectivity index (χ4n) is 1.49. The van der Waals surface area contributed by atoms with Crippen LogP contribution in [0.4, 0.5) is 4.39 Å². The lowest BCUT2D eigenvalue weighted by molar-refractivity contribution is -0.119. The van der Waals surface area contributed by atoms with Crippen LogP contribution in [0.1, 0.15) is 18.9 Å². The lowest BCUT2D eigenvalue weighted by atomic mass is 9.98. The summed E-state index contributed by atoms with van der Waals surface area (Å²) in [5.74, 6) is -0.763. The smallest absolute Gasteiger partial charge is 0.244 e. The van der Waals surface area contributed by atoms with E-state index in [1.807, 2.05) is 0 Å². The number of benzene rings is 1. The molecular weight excluding hydrogens is 249 g/mol. The summed E-state index contributed by atoms with van der Waals surface area (Å²) < 4.78 is 12.7. The zero-order chi connectivity index (χ0) is 14.3. The van der Waals surface area contributed by atoms with Gasteiger partial charge in [-0.1, -0.05) is 19.1 Å². The molecule has 1 amide bonds. The summed E-state index contributed by atoms with van der Waals surface area (Å²) in [5.41, 5.74) is -0.323. The van der Waals surface area contributed by atoms with Crippen molar-refractivity contribution in [2.75, 3.05) is 13.2 Å². The van der Waals surface area contributed by atoms with E-state index in [0.29, 0.717) is 12.0 Å². The van der Waals surface area contributed by atoms with Crippen molar-refractivity contribution in [1.29, 1.82) is 0 Å². The molecule has 0 aliphatic heterocycles. The fourth-order valence-corrected chi connectivity index (χ4v) is 1.49. The average molecular weight is 267 g/mol. The third kappa shape index (κ3) is 4.46. The van der Waals surface area contributed by atoms with E-state index in [1.54, 1.807) is 19.1 Å². The van der Waals surface area contributed by atoms with E-state index in [9.17, 15) is 19.4 Å². The molecule has 1 aromatic rings. The maximum Gasteiger partial charge on any atom is 0.244 e. The summed E-state index contributed by atoms with van der Waals surface area (Å²) in [4.78, 5) is 11.7. The molecule has 0 aliphatic carbocycles. The predicted octanol–water partition coefficient (Wildman–Crippen LogP) is 1.09. The molecule has 0 radical (unpaired) electrons. The first-order valence-electron chi connectivity index (χ1n) is 6.03. The van der Waals surface area contributed by atoms with Crippen molar-refractivity contribution in [3.8, 4) is 0 Å². The van der Waals surface area contributed by atoms with Crippen molar-refractivity contribution in [2.24, 2.45) is 0 Å². The van der Waals surface area contributed by atoms with Crippen molar-refractivity contribution >= 4 is 12.0 Å². The van der Waals surface area contributed by atoms with Crippen molar-refractivity contribution in [2.45, 2.75) is 18.9 Å². The molecule has 0 spiro atoms. The zero-order valence-electron chi connectivity index (χ0n) is 10.8. The van der Waals surface area contributed by atoms with Gasteiger partial charge in [-0.25, -0.2) is 4.39 Å². The van der Waals surface area contributed by atoms with Crippen LogP contribution in [-0.4, -0.2) is 34.9 Å². The Bertz CT molecular complexity index is 430. The average Bonchev–Trinajstić information content (AvgIpc) is 2.44. The Hall–Kier alpha value is -1.72. The standard InChI is InChI=1S/C14H18FNO3/c1-2-14(9-17,10-18)16-13(19)8-5-11-3-6-12(15)7-4-11/h3-8,17-18H,2,9-10H2,1H3,(H,16,19)/b8-5+. The second-order valence-corrected chi connectivity index (χ2v) is 4.32. The Morgan fingerprint density at radius 3 is 2.37 bits per heavy atom. The van der Waals surface area contributed by atoms with Gasteiger partial charge in [-0.2, -0.15) is 0 Å². The fraction of sp³-hybridized carbons (Fsp3) is 0.357. The van der Waals surface area contributed by atoms with E-state index in [0.717, 1.165) is 0 Å². The maximum atomic E-state index is 12.7. The summed E-state index contributed by atoms with van der Waals surface area (Å²) in [6.07, 6.45) is 3.23. The first-order chi connectivity index (χ1) is 9.05. The lowest BCUT2D eigenvalue weighted by Gasteiger charge is -2.28. The van der Waals surface area contributed by atoms with E-state index in [4.69, 9.17) is 0 Å². The molecule has 5 heteroatoms. The maximum absolute atomic E-state index is 12.7. The second kappa shape index (κ2) is 7.01. The highest BCUT2D eigenvalue weighted by molar-refractivity contribution is 5.92. The Labute approximate surface area is 111 Å². The Kier molecular flexibility index (Phi) is 5.66. The van der Waals surface area contributed by atoms with Crippen LogP contribution in [0.2, 0.25) is 0 Å². The second-order valence-electron chi connectivity index (χ2n) is 4.32. The summed E-state index contributed by atoms with van der Waals surface area (Å²) in [7, 11) is 0. The van der Waals surface area contributed by atoms with Gasteiger partial charge in [0.15, 0.2) is 0 Å². The number of halogens is 1. The molecule has 0 saturated heterocycles. The van der Waals surface area contributed by atoms with Gasteiger partial charge in [0.05, 0.1) is 18.8 Å². The molecule has 19 heavy (non-hydrogen) atoms. The first-order valence-corrected chi connectivity index (χ1v) is 6.03. The van der Waals surface area contributed by atoms with E-state index < -0.39 is 11.4 Å². The highest BCUT2D eigenvalue weighted by atomic mass is 19.1. The molecule has 4 nitrogen and oxygen atoms in total. The molecule has 0 unspecified atom stereocenters. The minimum atomic E-state index is -1.01. The lowest BCUT2D eigenvalue weighted by Crippen LogP contribution is -2.53. The number of carbonyl (C=O) groups is 1. The molecule has 0 heterocycles. The Morgan fingerprint density at radius 1 is 1.32 bits per heavy atom. The van der Waals surface area contributed by atoms with E-state index >= 15 is 0 Å². The minimum Gasteiger partial charge on any atom is -0.394 e. The van der Waals surface area contributed by atoms with Crippen LogP contribution in [-0.2, 0) is 4.79 Å². The van der Waals surface area contributed by atoms with Gasteiger partial charge in [0.1, 0.15) is 5.82 Å². The first kappa shape index (κ1) is 15.3. The number of hydrogen-bond donors (Lipinski definition) is 3. The summed E-state index contributed by atoms with van der Waals surface area (Å²) in [6.45, 7) is 1.09. The third-order valence-electron chi connectivity index (χ3n) is 2.97.